The summed E-state index contributed by atoms with van der Waals surface area (Å²) in [6, 6.07) is 4.50. The van der Waals surface area contributed by atoms with Crippen LogP contribution in [0.15, 0.2) is 24.5 Å². The van der Waals surface area contributed by atoms with Crippen LogP contribution in [0, 0.1) is 0 Å². The molecule has 0 aliphatic carbocycles. The summed E-state index contributed by atoms with van der Waals surface area (Å²) >= 11 is 0. The zero-order chi connectivity index (χ0) is 14.0. The van der Waals surface area contributed by atoms with Gasteiger partial charge >= 0.3 is 0 Å². The molecule has 1 aromatic rings. The molecular weight excluding hydrogens is 230 g/mol. The molecule has 1 rings (SSSR count). The summed E-state index contributed by atoms with van der Waals surface area (Å²) in [6.07, 6.45) is 15.9. The van der Waals surface area contributed by atoms with Crippen molar-refractivity contribution < 1.29 is 0 Å². The lowest BCUT2D eigenvalue weighted by molar-refractivity contribution is 0.309. The standard InChI is InChI=1S/C18H31N/c1-4-7-12-18(13-8-5-2,14-9-6-3)17-10-15-19-16-11-17/h10-11,15-16H,4-9,12-14H2,1-3H3. The minimum atomic E-state index is 0.408. The lowest BCUT2D eigenvalue weighted by Gasteiger charge is -2.35. The van der Waals surface area contributed by atoms with Crippen molar-refractivity contribution >= 4 is 0 Å². The molecule has 0 aliphatic heterocycles. The molecule has 1 aromatic heterocycles. The highest BCUT2D eigenvalue weighted by molar-refractivity contribution is 5.22. The van der Waals surface area contributed by atoms with Crippen LogP contribution >= 0.6 is 0 Å². The molecular formula is C18H31N. The third kappa shape index (κ3) is 4.97. The molecule has 0 bridgehead atoms. The molecule has 1 heteroatoms. The van der Waals surface area contributed by atoms with Crippen LogP contribution in [0.2, 0.25) is 0 Å². The number of hydrogen-bond donors (Lipinski definition) is 0. The van der Waals surface area contributed by atoms with E-state index in [0.717, 1.165) is 0 Å². The zero-order valence-electron chi connectivity index (χ0n) is 13.1. The summed E-state index contributed by atoms with van der Waals surface area (Å²) in [6.45, 7) is 6.91. The maximum Gasteiger partial charge on any atom is 0.0270 e. The number of aromatic nitrogens is 1. The average molecular weight is 261 g/mol. The molecule has 108 valence electrons. The summed E-state index contributed by atoms with van der Waals surface area (Å²) in [4.78, 5) is 4.20. The van der Waals surface area contributed by atoms with Gasteiger partial charge in [0.2, 0.25) is 0 Å². The van der Waals surface area contributed by atoms with Crippen LogP contribution in [0.25, 0.3) is 0 Å². The molecule has 0 fully saturated rings. The van der Waals surface area contributed by atoms with Crippen LogP contribution in [0.3, 0.4) is 0 Å². The number of rotatable bonds is 10. The van der Waals surface area contributed by atoms with Crippen molar-refractivity contribution in [2.45, 2.75) is 84.0 Å². The molecule has 0 aliphatic rings. The van der Waals surface area contributed by atoms with Gasteiger partial charge in [0, 0.05) is 12.4 Å². The molecule has 0 spiro atoms. The Labute approximate surface area is 119 Å². The van der Waals surface area contributed by atoms with Crippen molar-refractivity contribution in [3.8, 4) is 0 Å². The van der Waals surface area contributed by atoms with E-state index < -0.39 is 0 Å². The van der Waals surface area contributed by atoms with Gasteiger partial charge in [-0.3, -0.25) is 4.98 Å². The van der Waals surface area contributed by atoms with Crippen LogP contribution in [0.5, 0.6) is 0 Å². The first-order valence-electron chi connectivity index (χ1n) is 8.19. The topological polar surface area (TPSA) is 12.9 Å². The van der Waals surface area contributed by atoms with Crippen LogP contribution in [0.4, 0.5) is 0 Å². The second kappa shape index (κ2) is 9.12. The fourth-order valence-corrected chi connectivity index (χ4v) is 3.06. The average Bonchev–Trinajstić information content (AvgIpc) is 2.48. The van der Waals surface area contributed by atoms with E-state index in [4.69, 9.17) is 0 Å². The van der Waals surface area contributed by atoms with Gasteiger partial charge in [0.15, 0.2) is 0 Å². The molecule has 0 saturated heterocycles. The minimum Gasteiger partial charge on any atom is -0.265 e. The molecule has 1 heterocycles. The maximum absolute atomic E-state index is 4.20. The first-order chi connectivity index (χ1) is 9.29. The van der Waals surface area contributed by atoms with Gasteiger partial charge in [-0.05, 0) is 42.4 Å². The first kappa shape index (κ1) is 16.2. The minimum absolute atomic E-state index is 0.408. The van der Waals surface area contributed by atoms with Gasteiger partial charge in [0.05, 0.1) is 0 Å². The summed E-state index contributed by atoms with van der Waals surface area (Å²) in [5, 5.41) is 0. The quantitative estimate of drug-likeness (QED) is 0.511. The van der Waals surface area contributed by atoms with Crippen LogP contribution in [-0.4, -0.2) is 4.98 Å². The molecule has 1 nitrogen and oxygen atoms in total. The summed E-state index contributed by atoms with van der Waals surface area (Å²) < 4.78 is 0. The van der Waals surface area contributed by atoms with Crippen molar-refractivity contribution in [1.82, 2.24) is 4.98 Å². The van der Waals surface area contributed by atoms with E-state index in [2.05, 4.69) is 37.9 Å². The monoisotopic (exact) mass is 261 g/mol. The Bertz CT molecular complexity index is 296. The molecule has 19 heavy (non-hydrogen) atoms. The van der Waals surface area contributed by atoms with E-state index in [1.807, 2.05) is 12.4 Å². The maximum atomic E-state index is 4.20. The summed E-state index contributed by atoms with van der Waals surface area (Å²) in [5.41, 5.74) is 1.93. The van der Waals surface area contributed by atoms with Gasteiger partial charge in [-0.15, -0.1) is 0 Å². The molecule has 0 unspecified atom stereocenters. The summed E-state index contributed by atoms with van der Waals surface area (Å²) in [5.74, 6) is 0. The summed E-state index contributed by atoms with van der Waals surface area (Å²) in [7, 11) is 0. The van der Waals surface area contributed by atoms with Crippen LogP contribution in [0.1, 0.15) is 84.1 Å². The highest BCUT2D eigenvalue weighted by Crippen LogP contribution is 2.39. The molecule has 0 radical (unpaired) electrons. The van der Waals surface area contributed by atoms with E-state index in [0.29, 0.717) is 5.41 Å². The van der Waals surface area contributed by atoms with Gasteiger partial charge in [-0.25, -0.2) is 0 Å². The SMILES string of the molecule is CCCCC(CCCC)(CCCC)c1ccncc1. The normalized spacial score (nSPS) is 11.7. The number of pyridine rings is 1. The van der Waals surface area contributed by atoms with Gasteiger partial charge in [-0.1, -0.05) is 59.3 Å². The lowest BCUT2D eigenvalue weighted by atomic mass is 9.70. The smallest absolute Gasteiger partial charge is 0.0270 e. The Morgan fingerprint density at radius 1 is 0.789 bits per heavy atom. The predicted molar refractivity (Wildman–Crippen MR) is 84.5 cm³/mol. The van der Waals surface area contributed by atoms with E-state index in [-0.39, 0.29) is 0 Å². The Morgan fingerprint density at radius 2 is 1.21 bits per heavy atom. The van der Waals surface area contributed by atoms with Crippen molar-refractivity contribution in [2.24, 2.45) is 0 Å². The van der Waals surface area contributed by atoms with E-state index in [1.165, 1.54) is 63.4 Å². The molecule has 0 atom stereocenters. The highest BCUT2D eigenvalue weighted by atomic mass is 14.6. The Balaban J connectivity index is 2.94. The molecule has 0 amide bonds. The number of nitrogens with zero attached hydrogens (tertiary/aromatic N) is 1. The Hall–Kier alpha value is -0.850. The van der Waals surface area contributed by atoms with Crippen molar-refractivity contribution in [1.29, 1.82) is 0 Å². The largest absolute Gasteiger partial charge is 0.265 e. The van der Waals surface area contributed by atoms with Crippen molar-refractivity contribution in [2.75, 3.05) is 0 Å². The third-order valence-corrected chi connectivity index (χ3v) is 4.32. The molecule has 0 N–H and O–H groups in total. The first-order valence-corrected chi connectivity index (χ1v) is 8.19. The van der Waals surface area contributed by atoms with Gasteiger partial charge < -0.3 is 0 Å². The second-order valence-electron chi connectivity index (χ2n) is 5.83. The van der Waals surface area contributed by atoms with E-state index in [9.17, 15) is 0 Å². The van der Waals surface area contributed by atoms with Gasteiger partial charge in [-0.2, -0.15) is 0 Å². The number of unbranched alkanes of at least 4 members (excludes halogenated alkanes) is 3. The van der Waals surface area contributed by atoms with Crippen molar-refractivity contribution in [3.05, 3.63) is 30.1 Å². The third-order valence-electron chi connectivity index (χ3n) is 4.32. The number of hydrogen-bond acceptors (Lipinski definition) is 1. The Morgan fingerprint density at radius 3 is 1.58 bits per heavy atom. The highest BCUT2D eigenvalue weighted by Gasteiger charge is 2.30. The van der Waals surface area contributed by atoms with E-state index in [1.54, 1.807) is 0 Å². The van der Waals surface area contributed by atoms with Gasteiger partial charge in [0.25, 0.3) is 0 Å². The van der Waals surface area contributed by atoms with Crippen LogP contribution in [-0.2, 0) is 5.41 Å². The van der Waals surface area contributed by atoms with Crippen molar-refractivity contribution in [3.63, 3.8) is 0 Å². The predicted octanol–water partition coefficient (Wildman–Crippen LogP) is 5.89. The van der Waals surface area contributed by atoms with Crippen LogP contribution < -0.4 is 0 Å². The lowest BCUT2D eigenvalue weighted by Crippen LogP contribution is -2.26. The molecule has 0 saturated carbocycles. The Kier molecular flexibility index (Phi) is 7.78. The van der Waals surface area contributed by atoms with E-state index >= 15 is 0 Å². The fraction of sp³-hybridized carbons (Fsp3) is 0.722. The zero-order valence-corrected chi connectivity index (χ0v) is 13.1. The van der Waals surface area contributed by atoms with Gasteiger partial charge in [0.1, 0.15) is 0 Å². The molecule has 0 aromatic carbocycles. The fourth-order valence-electron chi connectivity index (χ4n) is 3.06. The second-order valence-corrected chi connectivity index (χ2v) is 5.83.